The molecule has 0 aliphatic carbocycles. The zero-order valence-corrected chi connectivity index (χ0v) is 15.8. The van der Waals surface area contributed by atoms with Crippen molar-refractivity contribution >= 4 is 28.5 Å². The van der Waals surface area contributed by atoms with Crippen molar-refractivity contribution in [2.24, 2.45) is 0 Å². The van der Waals surface area contributed by atoms with Gasteiger partial charge in [0, 0.05) is 16.8 Å². The second-order valence-electron chi connectivity index (χ2n) is 6.73. The Morgan fingerprint density at radius 3 is 2.21 bits per heavy atom. The van der Waals surface area contributed by atoms with Gasteiger partial charge in [-0.3, -0.25) is 9.59 Å². The van der Waals surface area contributed by atoms with E-state index in [9.17, 15) is 9.59 Å². The monoisotopic (exact) mass is 384 g/mol. The number of para-hydroxylation sites is 2. The van der Waals surface area contributed by atoms with Crippen molar-refractivity contribution in [3.05, 3.63) is 95.8 Å². The number of nitrogens with zero attached hydrogens (tertiary/aromatic N) is 1. The van der Waals surface area contributed by atoms with Gasteiger partial charge in [-0.2, -0.15) is 0 Å². The number of hydrogen-bond donors (Lipinski definition) is 3. The molecule has 0 aliphatic rings. The van der Waals surface area contributed by atoms with E-state index in [4.69, 9.17) is 0 Å². The number of nitrogens with one attached hydrogen (secondary N) is 3. The fraction of sp³-hybridized carbons (Fsp3) is 0.0870. The second-order valence-corrected chi connectivity index (χ2v) is 6.73. The van der Waals surface area contributed by atoms with Gasteiger partial charge in [0.25, 0.3) is 11.8 Å². The van der Waals surface area contributed by atoms with Gasteiger partial charge in [-0.05, 0) is 55.5 Å². The maximum absolute atomic E-state index is 12.6. The van der Waals surface area contributed by atoms with Gasteiger partial charge in [0.1, 0.15) is 5.82 Å². The Balaban J connectivity index is 1.40. The van der Waals surface area contributed by atoms with Crippen LogP contribution in [0.4, 0.5) is 5.69 Å². The number of fused-ring (bicyclic) bond motifs is 1. The third kappa shape index (κ3) is 4.16. The molecule has 6 nitrogen and oxygen atoms in total. The first-order chi connectivity index (χ1) is 14.1. The highest BCUT2D eigenvalue weighted by Gasteiger charge is 2.15. The lowest BCUT2D eigenvalue weighted by molar-refractivity contribution is 0.0938. The molecule has 1 unspecified atom stereocenters. The summed E-state index contributed by atoms with van der Waals surface area (Å²) in [6.45, 7) is 1.88. The predicted molar refractivity (Wildman–Crippen MR) is 113 cm³/mol. The molecule has 4 aromatic rings. The van der Waals surface area contributed by atoms with Crippen molar-refractivity contribution in [1.29, 1.82) is 0 Å². The number of aromatic nitrogens is 2. The number of anilines is 1. The van der Waals surface area contributed by atoms with E-state index >= 15 is 0 Å². The molecule has 29 heavy (non-hydrogen) atoms. The Bertz CT molecular complexity index is 1120. The van der Waals surface area contributed by atoms with Gasteiger partial charge in [0.2, 0.25) is 0 Å². The minimum atomic E-state index is -0.271. The van der Waals surface area contributed by atoms with Gasteiger partial charge in [-0.1, -0.05) is 30.3 Å². The summed E-state index contributed by atoms with van der Waals surface area (Å²) in [4.78, 5) is 32.5. The van der Waals surface area contributed by atoms with E-state index in [0.29, 0.717) is 22.6 Å². The minimum absolute atomic E-state index is 0.193. The van der Waals surface area contributed by atoms with Crippen molar-refractivity contribution in [2.75, 3.05) is 5.32 Å². The SMILES string of the molecule is CC(NC(=O)c1ccc(NC(=O)c2ccccc2)cc1)c1nc2ccccc2[nH]1. The van der Waals surface area contributed by atoms with Crippen molar-refractivity contribution < 1.29 is 9.59 Å². The van der Waals surface area contributed by atoms with E-state index in [1.165, 1.54) is 0 Å². The number of H-pyrrole nitrogens is 1. The van der Waals surface area contributed by atoms with E-state index < -0.39 is 0 Å². The molecule has 0 radical (unpaired) electrons. The molecule has 3 N–H and O–H groups in total. The second kappa shape index (κ2) is 7.98. The first-order valence-electron chi connectivity index (χ1n) is 9.32. The number of imidazole rings is 1. The molecule has 0 saturated carbocycles. The molecule has 0 spiro atoms. The van der Waals surface area contributed by atoms with E-state index in [1.807, 2.05) is 49.4 Å². The molecular formula is C23H20N4O2. The van der Waals surface area contributed by atoms with Crippen LogP contribution in [0.1, 0.15) is 39.5 Å². The first-order valence-corrected chi connectivity index (χ1v) is 9.32. The van der Waals surface area contributed by atoms with Gasteiger partial charge >= 0.3 is 0 Å². The average Bonchev–Trinajstić information content (AvgIpc) is 3.19. The molecule has 0 saturated heterocycles. The molecule has 6 heteroatoms. The van der Waals surface area contributed by atoms with Crippen molar-refractivity contribution in [1.82, 2.24) is 15.3 Å². The third-order valence-corrected chi connectivity index (χ3v) is 4.61. The molecule has 2 amide bonds. The van der Waals surface area contributed by atoms with Crippen LogP contribution < -0.4 is 10.6 Å². The van der Waals surface area contributed by atoms with Gasteiger partial charge in [0.05, 0.1) is 17.1 Å². The molecular weight excluding hydrogens is 364 g/mol. The number of hydrogen-bond acceptors (Lipinski definition) is 3. The highest BCUT2D eigenvalue weighted by molar-refractivity contribution is 6.04. The smallest absolute Gasteiger partial charge is 0.255 e. The van der Waals surface area contributed by atoms with Crippen molar-refractivity contribution in [3.63, 3.8) is 0 Å². The van der Waals surface area contributed by atoms with Crippen molar-refractivity contribution in [2.45, 2.75) is 13.0 Å². The summed E-state index contributed by atoms with van der Waals surface area (Å²) in [5, 5.41) is 5.76. The number of benzene rings is 3. The fourth-order valence-electron chi connectivity index (χ4n) is 3.02. The Morgan fingerprint density at radius 2 is 1.48 bits per heavy atom. The Labute approximate surface area is 168 Å². The number of carbonyl (C=O) groups is 2. The molecule has 1 heterocycles. The Hall–Kier alpha value is -3.93. The van der Waals surface area contributed by atoms with Crippen LogP contribution in [0, 0.1) is 0 Å². The van der Waals surface area contributed by atoms with E-state index in [0.717, 1.165) is 11.0 Å². The average molecular weight is 384 g/mol. The maximum Gasteiger partial charge on any atom is 0.255 e. The van der Waals surface area contributed by atoms with Gasteiger partial charge < -0.3 is 15.6 Å². The normalized spacial score (nSPS) is 11.8. The standard InChI is InChI=1S/C23H20N4O2/c1-15(21-26-19-9-5-6-10-20(19)27-21)24-22(28)17-11-13-18(14-12-17)25-23(29)16-7-3-2-4-8-16/h2-15H,1H3,(H,24,28)(H,25,29)(H,26,27). The molecule has 0 fully saturated rings. The lowest BCUT2D eigenvalue weighted by Crippen LogP contribution is -2.27. The van der Waals surface area contributed by atoms with Crippen LogP contribution >= 0.6 is 0 Å². The van der Waals surface area contributed by atoms with Crippen molar-refractivity contribution in [3.8, 4) is 0 Å². The molecule has 3 aromatic carbocycles. The van der Waals surface area contributed by atoms with Crippen LogP contribution in [0.5, 0.6) is 0 Å². The molecule has 0 bridgehead atoms. The maximum atomic E-state index is 12.6. The van der Waals surface area contributed by atoms with Crippen LogP contribution in [-0.4, -0.2) is 21.8 Å². The summed E-state index contributed by atoms with van der Waals surface area (Å²) in [6, 6.07) is 23.2. The van der Waals surface area contributed by atoms with E-state index in [-0.39, 0.29) is 17.9 Å². The van der Waals surface area contributed by atoms with E-state index in [2.05, 4.69) is 20.6 Å². The first kappa shape index (κ1) is 18.4. The van der Waals surface area contributed by atoms with Crippen LogP contribution in [0.15, 0.2) is 78.9 Å². The topological polar surface area (TPSA) is 86.9 Å². The van der Waals surface area contributed by atoms with Crippen LogP contribution in [0.25, 0.3) is 11.0 Å². The molecule has 4 rings (SSSR count). The number of aromatic amines is 1. The van der Waals surface area contributed by atoms with Crippen LogP contribution in [0.2, 0.25) is 0 Å². The lowest BCUT2D eigenvalue weighted by atomic mass is 10.1. The van der Waals surface area contributed by atoms with Gasteiger partial charge in [-0.15, -0.1) is 0 Å². The van der Waals surface area contributed by atoms with E-state index in [1.54, 1.807) is 36.4 Å². The predicted octanol–water partition coefficient (Wildman–Crippen LogP) is 4.31. The zero-order chi connectivity index (χ0) is 20.2. The molecule has 144 valence electrons. The van der Waals surface area contributed by atoms with Crippen LogP contribution in [0.3, 0.4) is 0 Å². The highest BCUT2D eigenvalue weighted by atomic mass is 16.2. The molecule has 1 atom stereocenters. The fourth-order valence-corrected chi connectivity index (χ4v) is 3.02. The molecule has 1 aromatic heterocycles. The Morgan fingerprint density at radius 1 is 0.828 bits per heavy atom. The summed E-state index contributed by atoms with van der Waals surface area (Å²) in [7, 11) is 0. The number of amides is 2. The summed E-state index contributed by atoms with van der Waals surface area (Å²) in [6.07, 6.45) is 0. The Kier molecular flexibility index (Phi) is 5.07. The summed E-state index contributed by atoms with van der Waals surface area (Å²) < 4.78 is 0. The summed E-state index contributed by atoms with van der Waals surface area (Å²) in [5.41, 5.74) is 3.50. The lowest BCUT2D eigenvalue weighted by Gasteiger charge is -2.12. The summed E-state index contributed by atoms with van der Waals surface area (Å²) >= 11 is 0. The number of rotatable bonds is 5. The molecule has 0 aliphatic heterocycles. The largest absolute Gasteiger partial charge is 0.342 e. The summed E-state index contributed by atoms with van der Waals surface area (Å²) in [5.74, 6) is 0.298. The van der Waals surface area contributed by atoms with Gasteiger partial charge in [0.15, 0.2) is 0 Å². The van der Waals surface area contributed by atoms with Crippen LogP contribution in [-0.2, 0) is 0 Å². The number of carbonyl (C=O) groups excluding carboxylic acids is 2. The minimum Gasteiger partial charge on any atom is -0.342 e. The zero-order valence-electron chi connectivity index (χ0n) is 15.8. The third-order valence-electron chi connectivity index (χ3n) is 4.61. The quantitative estimate of drug-likeness (QED) is 0.479. The highest BCUT2D eigenvalue weighted by Crippen LogP contribution is 2.17. The van der Waals surface area contributed by atoms with Gasteiger partial charge in [-0.25, -0.2) is 4.98 Å².